The summed E-state index contributed by atoms with van der Waals surface area (Å²) in [6.07, 6.45) is 0. The minimum atomic E-state index is -0.270. The Morgan fingerprint density at radius 3 is 2.61 bits per heavy atom. The van der Waals surface area contributed by atoms with Gasteiger partial charge in [-0.05, 0) is 18.2 Å². The fourth-order valence-corrected chi connectivity index (χ4v) is 3.64. The topological polar surface area (TPSA) is 83.7 Å². The third-order valence-corrected chi connectivity index (χ3v) is 5.28. The number of aromatic nitrogens is 2. The maximum atomic E-state index is 12.6. The third-order valence-electron chi connectivity index (χ3n) is 5.28. The first-order valence-corrected chi connectivity index (χ1v) is 9.63. The number of nitrogens with one attached hydrogen (secondary N) is 4. The van der Waals surface area contributed by atoms with Crippen molar-refractivity contribution in [3.05, 3.63) is 58.9 Å². The number of aromatic amines is 1. The molecule has 0 radical (unpaired) electrons. The van der Waals surface area contributed by atoms with Crippen molar-refractivity contribution in [2.45, 2.75) is 0 Å². The number of benzene rings is 2. The molecule has 2 heterocycles. The fourth-order valence-electron chi connectivity index (χ4n) is 3.64. The number of hydrogen-bond donors (Lipinski definition) is 4. The number of carbonyl (C=O) groups excluding carboxylic acids is 1. The highest BCUT2D eigenvalue weighted by Gasteiger charge is 2.23. The predicted octanol–water partition coefficient (Wildman–Crippen LogP) is -1.06. The van der Waals surface area contributed by atoms with Crippen LogP contribution in [-0.4, -0.2) is 55.6 Å². The molecule has 1 aliphatic rings. The van der Waals surface area contributed by atoms with Gasteiger partial charge in [-0.2, -0.15) is 0 Å². The quantitative estimate of drug-likeness (QED) is 0.466. The van der Waals surface area contributed by atoms with Crippen molar-refractivity contribution in [2.75, 3.05) is 45.1 Å². The molecule has 0 bridgehead atoms. The van der Waals surface area contributed by atoms with E-state index in [4.69, 9.17) is 0 Å². The molecule has 1 aromatic heterocycles. The lowest BCUT2D eigenvalue weighted by atomic mass is 10.1. The molecule has 1 saturated heterocycles. The summed E-state index contributed by atoms with van der Waals surface area (Å²) in [5, 5.41) is 2.98. The van der Waals surface area contributed by atoms with Gasteiger partial charge in [-0.1, -0.05) is 30.3 Å². The van der Waals surface area contributed by atoms with Gasteiger partial charge in [0.25, 0.3) is 11.5 Å². The Morgan fingerprint density at radius 2 is 1.79 bits per heavy atom. The predicted molar refractivity (Wildman–Crippen MR) is 109 cm³/mol. The van der Waals surface area contributed by atoms with E-state index >= 15 is 0 Å². The number of rotatable bonds is 4. The Balaban J connectivity index is 1.58. The first kappa shape index (κ1) is 18.3. The first-order valence-electron chi connectivity index (χ1n) is 9.63. The van der Waals surface area contributed by atoms with Gasteiger partial charge in [0.05, 0.1) is 23.8 Å². The van der Waals surface area contributed by atoms with Crippen LogP contribution in [0.25, 0.3) is 22.3 Å². The van der Waals surface area contributed by atoms with Crippen LogP contribution in [0.2, 0.25) is 0 Å². The van der Waals surface area contributed by atoms with Gasteiger partial charge in [0.2, 0.25) is 0 Å². The monoisotopic (exact) mass is 379 g/mol. The molecule has 144 valence electrons. The van der Waals surface area contributed by atoms with Crippen molar-refractivity contribution >= 4 is 22.6 Å². The number of anilines is 1. The molecule has 3 aromatic rings. The molecule has 0 spiro atoms. The molecule has 7 heteroatoms. The highest BCUT2D eigenvalue weighted by Crippen LogP contribution is 2.24. The number of quaternary nitrogens is 2. The molecule has 2 aromatic carbocycles. The van der Waals surface area contributed by atoms with E-state index in [-0.39, 0.29) is 11.5 Å². The lowest BCUT2D eigenvalue weighted by Crippen LogP contribution is -3.27. The molecular weight excluding hydrogens is 354 g/mol. The zero-order valence-corrected chi connectivity index (χ0v) is 15.9. The highest BCUT2D eigenvalue weighted by atomic mass is 16.2. The highest BCUT2D eigenvalue weighted by molar-refractivity contribution is 5.95. The number of para-hydroxylation sites is 3. The number of fused-ring (bicyclic) bond motifs is 1. The van der Waals surface area contributed by atoms with Crippen LogP contribution >= 0.6 is 0 Å². The lowest BCUT2D eigenvalue weighted by Gasteiger charge is -2.26. The van der Waals surface area contributed by atoms with Crippen LogP contribution in [0.5, 0.6) is 0 Å². The Hall–Kier alpha value is -3.03. The fraction of sp³-hybridized carbons (Fsp3) is 0.286. The number of piperazine rings is 1. The average molecular weight is 379 g/mol. The molecular formula is C21H25N5O2+2. The molecule has 28 heavy (non-hydrogen) atoms. The number of amides is 1. The van der Waals surface area contributed by atoms with E-state index < -0.39 is 0 Å². The van der Waals surface area contributed by atoms with Gasteiger partial charge >= 0.3 is 0 Å². The van der Waals surface area contributed by atoms with Crippen LogP contribution in [0, 0.1) is 0 Å². The second kappa shape index (κ2) is 7.92. The third kappa shape index (κ3) is 3.95. The van der Waals surface area contributed by atoms with Gasteiger partial charge in [-0.15, -0.1) is 0 Å². The number of carbonyl (C=O) groups is 1. The van der Waals surface area contributed by atoms with E-state index in [1.165, 1.54) is 9.80 Å². The van der Waals surface area contributed by atoms with Gasteiger partial charge in [-0.25, -0.2) is 4.98 Å². The summed E-state index contributed by atoms with van der Waals surface area (Å²) in [5.74, 6) is -0.0424. The minimum Gasteiger partial charge on any atom is -0.328 e. The molecule has 0 aliphatic carbocycles. The first-order chi connectivity index (χ1) is 13.6. The van der Waals surface area contributed by atoms with Crippen LogP contribution in [0.15, 0.2) is 53.3 Å². The SMILES string of the molecule is C[NH+]1CC[NH+](CC(=O)Nc2ccccc2-c2nc3ccccc3[nH]c2=O)CC1. The van der Waals surface area contributed by atoms with E-state index in [1.54, 1.807) is 0 Å². The summed E-state index contributed by atoms with van der Waals surface area (Å²) in [6.45, 7) is 4.58. The summed E-state index contributed by atoms with van der Waals surface area (Å²) >= 11 is 0. The molecule has 7 nitrogen and oxygen atoms in total. The second-order valence-electron chi connectivity index (χ2n) is 7.41. The van der Waals surface area contributed by atoms with Crippen LogP contribution in [0.4, 0.5) is 5.69 Å². The van der Waals surface area contributed by atoms with Crippen molar-refractivity contribution in [1.29, 1.82) is 0 Å². The van der Waals surface area contributed by atoms with E-state index in [9.17, 15) is 9.59 Å². The number of nitrogens with zero attached hydrogens (tertiary/aromatic N) is 1. The van der Waals surface area contributed by atoms with Gasteiger partial charge in [-0.3, -0.25) is 9.59 Å². The minimum absolute atomic E-state index is 0.0424. The molecule has 4 N–H and O–H groups in total. The molecule has 4 rings (SSSR count). The summed E-state index contributed by atoms with van der Waals surface area (Å²) < 4.78 is 0. The maximum Gasteiger partial charge on any atom is 0.279 e. The molecule has 0 atom stereocenters. The summed E-state index contributed by atoms with van der Waals surface area (Å²) in [6, 6.07) is 14.7. The normalized spacial score (nSPS) is 19.5. The standard InChI is InChI=1S/C21H23N5O2/c1-25-10-12-26(13-11-25)14-19(27)22-16-7-3-2-6-15(16)20-21(28)24-18-9-5-4-8-17(18)23-20/h2-9H,10-14H2,1H3,(H,22,27)(H,24,28)/p+2. The van der Waals surface area contributed by atoms with Crippen LogP contribution in [0.1, 0.15) is 0 Å². The van der Waals surface area contributed by atoms with E-state index in [0.717, 1.165) is 26.2 Å². The Morgan fingerprint density at radius 1 is 1.07 bits per heavy atom. The smallest absolute Gasteiger partial charge is 0.279 e. The van der Waals surface area contributed by atoms with Crippen molar-refractivity contribution in [1.82, 2.24) is 9.97 Å². The lowest BCUT2D eigenvalue weighted by molar-refractivity contribution is -0.999. The van der Waals surface area contributed by atoms with Crippen molar-refractivity contribution in [3.63, 3.8) is 0 Å². The molecule has 0 unspecified atom stereocenters. The zero-order valence-electron chi connectivity index (χ0n) is 15.9. The average Bonchev–Trinajstić information content (AvgIpc) is 2.70. The summed E-state index contributed by atoms with van der Waals surface area (Å²) in [4.78, 5) is 35.4. The van der Waals surface area contributed by atoms with Crippen LogP contribution in [0.3, 0.4) is 0 Å². The second-order valence-corrected chi connectivity index (χ2v) is 7.41. The van der Waals surface area contributed by atoms with E-state index in [2.05, 4.69) is 22.3 Å². The van der Waals surface area contributed by atoms with E-state index in [1.807, 2.05) is 48.5 Å². The van der Waals surface area contributed by atoms with Crippen molar-refractivity contribution < 1.29 is 14.6 Å². The Labute approximate surface area is 163 Å². The van der Waals surface area contributed by atoms with Gasteiger partial charge in [0.1, 0.15) is 31.9 Å². The maximum absolute atomic E-state index is 12.6. The van der Waals surface area contributed by atoms with Gasteiger partial charge in [0.15, 0.2) is 6.54 Å². The number of H-pyrrole nitrogens is 1. The molecule has 1 amide bonds. The summed E-state index contributed by atoms with van der Waals surface area (Å²) in [5.41, 5.74) is 2.68. The van der Waals surface area contributed by atoms with Crippen molar-refractivity contribution in [2.24, 2.45) is 0 Å². The molecule has 1 aliphatic heterocycles. The van der Waals surface area contributed by atoms with Gasteiger partial charge in [0, 0.05) is 5.56 Å². The largest absolute Gasteiger partial charge is 0.328 e. The van der Waals surface area contributed by atoms with Crippen molar-refractivity contribution in [3.8, 4) is 11.3 Å². The van der Waals surface area contributed by atoms with Crippen LogP contribution < -0.4 is 20.7 Å². The molecule has 1 fully saturated rings. The Bertz CT molecular complexity index is 1050. The number of hydrogen-bond acceptors (Lipinski definition) is 3. The molecule has 0 saturated carbocycles. The Kier molecular flexibility index (Phi) is 5.18. The van der Waals surface area contributed by atoms with Crippen LogP contribution in [-0.2, 0) is 4.79 Å². The summed E-state index contributed by atoms with van der Waals surface area (Å²) in [7, 11) is 2.18. The zero-order chi connectivity index (χ0) is 19.5. The number of likely N-dealkylation sites (N-methyl/N-ethyl adjacent to an activating group) is 1. The van der Waals surface area contributed by atoms with Gasteiger partial charge < -0.3 is 20.1 Å². The van der Waals surface area contributed by atoms with E-state index in [0.29, 0.717) is 34.5 Å².